The second-order valence-electron chi connectivity index (χ2n) is 6.96. The van der Waals surface area contributed by atoms with Gasteiger partial charge in [-0.25, -0.2) is 9.50 Å². The van der Waals surface area contributed by atoms with Gasteiger partial charge < -0.3 is 4.57 Å². The van der Waals surface area contributed by atoms with Gasteiger partial charge in [-0.15, -0.1) is 0 Å². The van der Waals surface area contributed by atoms with Crippen molar-refractivity contribution >= 4 is 28.2 Å². The summed E-state index contributed by atoms with van der Waals surface area (Å²) in [6, 6.07) is 19.5. The van der Waals surface area contributed by atoms with Crippen molar-refractivity contribution < 1.29 is 0 Å². The standard InChI is InChI=1S/C23H17ClN4O/c1-15-21(16-7-3-2-4-8-16)22-25-13-18-20(28(22)26-15)11-12-27(23(18)29)14-17-9-5-6-10-19(17)24/h2-13H,14H2,1H3. The van der Waals surface area contributed by atoms with Crippen molar-refractivity contribution in [3.05, 3.63) is 99.7 Å². The highest BCUT2D eigenvalue weighted by Crippen LogP contribution is 2.28. The number of hydrogen-bond acceptors (Lipinski definition) is 3. The van der Waals surface area contributed by atoms with Crippen molar-refractivity contribution in [2.45, 2.75) is 13.5 Å². The van der Waals surface area contributed by atoms with Gasteiger partial charge in [-0.3, -0.25) is 4.79 Å². The third-order valence-electron chi connectivity index (χ3n) is 5.12. The van der Waals surface area contributed by atoms with Crippen LogP contribution in [0.4, 0.5) is 0 Å². The van der Waals surface area contributed by atoms with Crippen molar-refractivity contribution in [2.75, 3.05) is 0 Å². The lowest BCUT2D eigenvalue weighted by Gasteiger charge is -2.09. The Hall–Kier alpha value is -3.44. The fourth-order valence-corrected chi connectivity index (χ4v) is 3.89. The Balaban J connectivity index is 1.69. The predicted molar refractivity (Wildman–Crippen MR) is 115 cm³/mol. The van der Waals surface area contributed by atoms with Gasteiger partial charge in [0.2, 0.25) is 0 Å². The number of hydrogen-bond donors (Lipinski definition) is 0. The first kappa shape index (κ1) is 17.6. The van der Waals surface area contributed by atoms with Crippen molar-refractivity contribution in [3.63, 3.8) is 0 Å². The van der Waals surface area contributed by atoms with Gasteiger partial charge in [-0.2, -0.15) is 5.10 Å². The summed E-state index contributed by atoms with van der Waals surface area (Å²) >= 11 is 6.26. The fraction of sp³-hybridized carbons (Fsp3) is 0.0870. The average Bonchev–Trinajstić information content (AvgIpc) is 3.08. The molecule has 0 aliphatic rings. The van der Waals surface area contributed by atoms with E-state index in [1.54, 1.807) is 21.5 Å². The molecule has 0 aliphatic heterocycles. The number of rotatable bonds is 3. The minimum absolute atomic E-state index is 0.119. The monoisotopic (exact) mass is 400 g/mol. The summed E-state index contributed by atoms with van der Waals surface area (Å²) < 4.78 is 3.40. The van der Waals surface area contributed by atoms with Crippen molar-refractivity contribution in [2.24, 2.45) is 0 Å². The van der Waals surface area contributed by atoms with Crippen LogP contribution in [0.3, 0.4) is 0 Å². The number of benzene rings is 2. The van der Waals surface area contributed by atoms with E-state index in [4.69, 9.17) is 11.6 Å². The lowest BCUT2D eigenvalue weighted by molar-refractivity contribution is 0.765. The van der Waals surface area contributed by atoms with E-state index in [2.05, 4.69) is 10.1 Å². The summed E-state index contributed by atoms with van der Waals surface area (Å²) in [4.78, 5) is 17.7. The number of aromatic nitrogens is 4. The zero-order chi connectivity index (χ0) is 20.0. The molecule has 0 spiro atoms. The third kappa shape index (κ3) is 2.91. The maximum absolute atomic E-state index is 13.1. The molecule has 0 atom stereocenters. The van der Waals surface area contributed by atoms with Gasteiger partial charge in [0.1, 0.15) is 0 Å². The fourth-order valence-electron chi connectivity index (χ4n) is 3.69. The van der Waals surface area contributed by atoms with Gasteiger partial charge in [0.25, 0.3) is 5.56 Å². The Morgan fingerprint density at radius 3 is 2.55 bits per heavy atom. The highest BCUT2D eigenvalue weighted by Gasteiger charge is 2.16. The first-order valence-corrected chi connectivity index (χ1v) is 9.67. The molecule has 0 radical (unpaired) electrons. The molecule has 0 unspecified atom stereocenters. The Morgan fingerprint density at radius 2 is 1.76 bits per heavy atom. The summed E-state index contributed by atoms with van der Waals surface area (Å²) in [6.07, 6.45) is 3.43. The van der Waals surface area contributed by atoms with E-state index >= 15 is 0 Å². The lowest BCUT2D eigenvalue weighted by atomic mass is 10.1. The molecule has 5 aromatic rings. The largest absolute Gasteiger partial charge is 0.310 e. The number of pyridine rings is 1. The molecular weight excluding hydrogens is 384 g/mol. The zero-order valence-corrected chi connectivity index (χ0v) is 16.5. The van der Waals surface area contributed by atoms with Crippen LogP contribution < -0.4 is 5.56 Å². The first-order valence-electron chi connectivity index (χ1n) is 9.30. The van der Waals surface area contributed by atoms with E-state index in [1.807, 2.05) is 67.6 Å². The van der Waals surface area contributed by atoms with Crippen LogP contribution in [0.2, 0.25) is 5.02 Å². The van der Waals surface area contributed by atoms with E-state index < -0.39 is 0 Å². The molecule has 0 bridgehead atoms. The molecule has 29 heavy (non-hydrogen) atoms. The Labute approximate surface area is 171 Å². The van der Waals surface area contributed by atoms with Crippen molar-refractivity contribution in [1.82, 2.24) is 19.2 Å². The predicted octanol–water partition coefficient (Wildman–Crippen LogP) is 4.72. The van der Waals surface area contributed by atoms with E-state index in [-0.39, 0.29) is 5.56 Å². The molecule has 3 heterocycles. The van der Waals surface area contributed by atoms with Crippen LogP contribution in [0.5, 0.6) is 0 Å². The number of halogens is 1. The number of fused-ring (bicyclic) bond motifs is 3. The Morgan fingerprint density at radius 1 is 1.00 bits per heavy atom. The van der Waals surface area contributed by atoms with Crippen LogP contribution in [0, 0.1) is 6.92 Å². The molecule has 0 fully saturated rings. The summed E-state index contributed by atoms with van der Waals surface area (Å²) in [5, 5.41) is 5.84. The highest BCUT2D eigenvalue weighted by molar-refractivity contribution is 6.31. The molecule has 0 saturated carbocycles. The quantitative estimate of drug-likeness (QED) is 0.440. The summed E-state index contributed by atoms with van der Waals surface area (Å²) in [6.45, 7) is 2.36. The summed E-state index contributed by atoms with van der Waals surface area (Å²) in [5.41, 5.74) is 5.16. The summed E-state index contributed by atoms with van der Waals surface area (Å²) in [5.74, 6) is 0. The second kappa shape index (κ2) is 6.87. The van der Waals surface area contributed by atoms with Gasteiger partial charge in [0, 0.05) is 23.0 Å². The van der Waals surface area contributed by atoms with E-state index in [0.29, 0.717) is 17.0 Å². The van der Waals surface area contributed by atoms with E-state index in [0.717, 1.165) is 33.5 Å². The second-order valence-corrected chi connectivity index (χ2v) is 7.37. The van der Waals surface area contributed by atoms with Crippen LogP contribution in [0.15, 0.2) is 77.9 Å². The smallest absolute Gasteiger partial charge is 0.261 e. The molecule has 0 aliphatic carbocycles. The van der Waals surface area contributed by atoms with Crippen molar-refractivity contribution in [3.8, 4) is 11.1 Å². The van der Waals surface area contributed by atoms with Crippen LogP contribution in [0.1, 0.15) is 11.3 Å². The summed E-state index contributed by atoms with van der Waals surface area (Å²) in [7, 11) is 0. The topological polar surface area (TPSA) is 52.2 Å². The molecule has 0 amide bonds. The third-order valence-corrected chi connectivity index (χ3v) is 5.49. The number of aryl methyl sites for hydroxylation is 1. The lowest BCUT2D eigenvalue weighted by Crippen LogP contribution is -2.21. The molecule has 3 aromatic heterocycles. The zero-order valence-electron chi connectivity index (χ0n) is 15.7. The molecule has 5 rings (SSSR count). The molecule has 0 N–H and O–H groups in total. The molecule has 0 saturated heterocycles. The number of nitrogens with zero attached hydrogens (tertiary/aromatic N) is 4. The van der Waals surface area contributed by atoms with Gasteiger partial charge in [0.15, 0.2) is 5.65 Å². The van der Waals surface area contributed by atoms with Gasteiger partial charge in [-0.05, 0) is 30.2 Å². The molecular formula is C23H17ClN4O. The normalized spacial score (nSPS) is 11.4. The van der Waals surface area contributed by atoms with Crippen LogP contribution in [-0.4, -0.2) is 19.2 Å². The molecule has 2 aromatic carbocycles. The molecule has 142 valence electrons. The van der Waals surface area contributed by atoms with Crippen LogP contribution in [0.25, 0.3) is 27.7 Å². The molecule has 5 nitrogen and oxygen atoms in total. The minimum Gasteiger partial charge on any atom is -0.310 e. The van der Waals surface area contributed by atoms with Gasteiger partial charge >= 0.3 is 0 Å². The highest BCUT2D eigenvalue weighted by atomic mass is 35.5. The maximum atomic E-state index is 13.1. The van der Waals surface area contributed by atoms with Crippen molar-refractivity contribution in [1.29, 1.82) is 0 Å². The molecule has 6 heteroatoms. The van der Waals surface area contributed by atoms with E-state index in [9.17, 15) is 4.79 Å². The Kier molecular flexibility index (Phi) is 4.18. The van der Waals surface area contributed by atoms with E-state index in [1.165, 1.54) is 0 Å². The Bertz CT molecular complexity index is 1420. The van der Waals surface area contributed by atoms with Gasteiger partial charge in [0.05, 0.1) is 23.1 Å². The minimum atomic E-state index is -0.119. The van der Waals surface area contributed by atoms with Crippen LogP contribution >= 0.6 is 11.6 Å². The van der Waals surface area contributed by atoms with Crippen LogP contribution in [-0.2, 0) is 6.54 Å². The SMILES string of the molecule is Cc1nn2c(ncc3c(=O)n(Cc4ccccc4Cl)ccc32)c1-c1ccccc1. The average molecular weight is 401 g/mol. The first-order chi connectivity index (χ1) is 14.1. The van der Waals surface area contributed by atoms with Gasteiger partial charge in [-0.1, -0.05) is 60.1 Å². The maximum Gasteiger partial charge on any atom is 0.261 e.